The van der Waals surface area contributed by atoms with Crippen LogP contribution in [0.5, 0.6) is 0 Å². The molecule has 0 aliphatic heterocycles. The van der Waals surface area contributed by atoms with Gasteiger partial charge in [-0.3, -0.25) is 9.78 Å². The molecule has 0 saturated heterocycles. The molecule has 2 aromatic heterocycles. The Kier molecular flexibility index (Phi) is 3.66. The highest BCUT2D eigenvalue weighted by Crippen LogP contribution is 2.07. The first kappa shape index (κ1) is 11.5. The molecule has 0 saturated carbocycles. The van der Waals surface area contributed by atoms with Crippen LogP contribution in [0.25, 0.3) is 0 Å². The Bertz CT molecular complexity index is 501. The number of carbonyl (C=O) groups is 1. The van der Waals surface area contributed by atoms with Crippen LogP contribution in [0.4, 0.5) is 0 Å². The van der Waals surface area contributed by atoms with Crippen molar-refractivity contribution >= 4 is 17.5 Å². The molecular formula is C10H9ClN4O2. The minimum Gasteiger partial charge on any atom is -0.350 e. The Balaban J connectivity index is 1.85. The zero-order chi connectivity index (χ0) is 12.1. The summed E-state index contributed by atoms with van der Waals surface area (Å²) in [6.45, 7) is 0.398. The average Bonchev–Trinajstić information content (AvgIpc) is 2.82. The molecule has 0 aliphatic carbocycles. The number of hydrogen-bond acceptors (Lipinski definition) is 5. The number of aromatic nitrogens is 3. The molecule has 1 amide bonds. The standard InChI is InChI=1S/C10H9ClN4O2/c11-7-1-3-12-8(5-7)10(16)13-4-2-9-14-6-15-17-9/h1,3,5-6H,2,4H2,(H,13,16). The second-order valence-corrected chi connectivity index (χ2v) is 3.64. The third-order valence-corrected chi connectivity index (χ3v) is 2.22. The highest BCUT2D eigenvalue weighted by atomic mass is 35.5. The summed E-state index contributed by atoms with van der Waals surface area (Å²) in [6.07, 6.45) is 3.28. The van der Waals surface area contributed by atoms with Crippen molar-refractivity contribution in [3.8, 4) is 0 Å². The summed E-state index contributed by atoms with van der Waals surface area (Å²) in [6, 6.07) is 3.11. The van der Waals surface area contributed by atoms with E-state index in [9.17, 15) is 4.79 Å². The lowest BCUT2D eigenvalue weighted by atomic mass is 10.3. The number of halogens is 1. The Hall–Kier alpha value is -1.95. The van der Waals surface area contributed by atoms with Crippen LogP contribution in [0.1, 0.15) is 16.4 Å². The van der Waals surface area contributed by atoms with E-state index < -0.39 is 0 Å². The van der Waals surface area contributed by atoms with Crippen LogP contribution in [0.15, 0.2) is 29.2 Å². The Morgan fingerprint density at radius 2 is 2.35 bits per heavy atom. The Morgan fingerprint density at radius 1 is 1.47 bits per heavy atom. The fourth-order valence-electron chi connectivity index (χ4n) is 1.21. The van der Waals surface area contributed by atoms with E-state index in [1.165, 1.54) is 18.6 Å². The first-order valence-corrected chi connectivity index (χ1v) is 5.29. The maximum absolute atomic E-state index is 11.6. The predicted molar refractivity (Wildman–Crippen MR) is 59.6 cm³/mol. The van der Waals surface area contributed by atoms with E-state index >= 15 is 0 Å². The maximum Gasteiger partial charge on any atom is 0.269 e. The molecule has 7 heteroatoms. The molecule has 0 unspecified atom stereocenters. The van der Waals surface area contributed by atoms with Gasteiger partial charge in [0.15, 0.2) is 6.33 Å². The molecule has 0 radical (unpaired) electrons. The second-order valence-electron chi connectivity index (χ2n) is 3.20. The van der Waals surface area contributed by atoms with Gasteiger partial charge in [-0.15, -0.1) is 0 Å². The summed E-state index contributed by atoms with van der Waals surface area (Å²) in [4.78, 5) is 19.4. The summed E-state index contributed by atoms with van der Waals surface area (Å²) in [5.74, 6) is 0.191. The maximum atomic E-state index is 11.6. The van der Waals surface area contributed by atoms with Gasteiger partial charge in [0, 0.05) is 24.2 Å². The molecular weight excluding hydrogens is 244 g/mol. The smallest absolute Gasteiger partial charge is 0.269 e. The molecule has 1 N–H and O–H groups in total. The van der Waals surface area contributed by atoms with Crippen LogP contribution >= 0.6 is 11.6 Å². The molecule has 6 nitrogen and oxygen atoms in total. The van der Waals surface area contributed by atoms with Crippen molar-refractivity contribution in [3.63, 3.8) is 0 Å². The minimum atomic E-state index is -0.285. The van der Waals surface area contributed by atoms with E-state index in [0.717, 1.165) is 0 Å². The summed E-state index contributed by atoms with van der Waals surface area (Å²) in [5.41, 5.74) is 0.281. The first-order chi connectivity index (χ1) is 8.25. The average molecular weight is 253 g/mol. The largest absolute Gasteiger partial charge is 0.350 e. The fraction of sp³-hybridized carbons (Fsp3) is 0.200. The predicted octanol–water partition coefficient (Wildman–Crippen LogP) is 1.09. The van der Waals surface area contributed by atoms with E-state index in [0.29, 0.717) is 23.9 Å². The van der Waals surface area contributed by atoms with Crippen molar-refractivity contribution in [1.82, 2.24) is 20.4 Å². The van der Waals surface area contributed by atoms with Crippen molar-refractivity contribution in [2.24, 2.45) is 0 Å². The van der Waals surface area contributed by atoms with E-state index in [2.05, 4.69) is 20.4 Å². The topological polar surface area (TPSA) is 80.9 Å². The normalized spacial score (nSPS) is 10.2. The molecule has 0 aliphatic rings. The molecule has 2 aromatic rings. The molecule has 0 bridgehead atoms. The van der Waals surface area contributed by atoms with Crippen molar-refractivity contribution in [2.75, 3.05) is 6.54 Å². The SMILES string of the molecule is O=C(NCCc1ncno1)c1cc(Cl)ccn1. The summed E-state index contributed by atoms with van der Waals surface area (Å²) >= 11 is 5.75. The number of hydrogen-bond donors (Lipinski definition) is 1. The number of rotatable bonds is 4. The van der Waals surface area contributed by atoms with Gasteiger partial charge in [-0.05, 0) is 12.1 Å². The van der Waals surface area contributed by atoms with E-state index in [-0.39, 0.29) is 11.6 Å². The minimum absolute atomic E-state index is 0.281. The summed E-state index contributed by atoms with van der Waals surface area (Å²) < 4.78 is 4.79. The molecule has 0 fully saturated rings. The zero-order valence-electron chi connectivity index (χ0n) is 8.76. The van der Waals surface area contributed by atoms with Crippen LogP contribution < -0.4 is 5.32 Å². The fourth-order valence-corrected chi connectivity index (χ4v) is 1.37. The van der Waals surface area contributed by atoms with Crippen LogP contribution in [0.2, 0.25) is 5.02 Å². The Morgan fingerprint density at radius 3 is 3.06 bits per heavy atom. The number of carbonyl (C=O) groups excluding carboxylic acids is 1. The Labute approximate surface area is 102 Å². The molecule has 0 atom stereocenters. The monoisotopic (exact) mass is 252 g/mol. The third kappa shape index (κ3) is 3.25. The van der Waals surface area contributed by atoms with Gasteiger partial charge in [-0.2, -0.15) is 4.98 Å². The van der Waals surface area contributed by atoms with Crippen molar-refractivity contribution < 1.29 is 9.32 Å². The second kappa shape index (κ2) is 5.40. The number of nitrogens with zero attached hydrogens (tertiary/aromatic N) is 3. The van der Waals surface area contributed by atoms with Gasteiger partial charge in [0.2, 0.25) is 5.89 Å². The van der Waals surface area contributed by atoms with Crippen molar-refractivity contribution in [1.29, 1.82) is 0 Å². The molecule has 88 valence electrons. The summed E-state index contributed by atoms with van der Waals surface area (Å²) in [5, 5.41) is 6.61. The van der Waals surface area contributed by atoms with Crippen molar-refractivity contribution in [2.45, 2.75) is 6.42 Å². The van der Waals surface area contributed by atoms with E-state index in [4.69, 9.17) is 16.1 Å². The van der Waals surface area contributed by atoms with Gasteiger partial charge < -0.3 is 9.84 Å². The first-order valence-electron chi connectivity index (χ1n) is 4.91. The lowest BCUT2D eigenvalue weighted by Gasteiger charge is -2.02. The van der Waals surface area contributed by atoms with Crippen LogP contribution in [0.3, 0.4) is 0 Å². The highest BCUT2D eigenvalue weighted by Gasteiger charge is 2.07. The van der Waals surface area contributed by atoms with Gasteiger partial charge in [-0.1, -0.05) is 16.8 Å². The van der Waals surface area contributed by atoms with E-state index in [1.54, 1.807) is 6.07 Å². The van der Waals surface area contributed by atoms with Gasteiger partial charge in [0.05, 0.1) is 0 Å². The van der Waals surface area contributed by atoms with Gasteiger partial charge >= 0.3 is 0 Å². The molecule has 2 heterocycles. The van der Waals surface area contributed by atoms with Gasteiger partial charge in [-0.25, -0.2) is 0 Å². The zero-order valence-corrected chi connectivity index (χ0v) is 9.52. The van der Waals surface area contributed by atoms with Gasteiger partial charge in [0.1, 0.15) is 5.69 Å². The molecule has 2 rings (SSSR count). The van der Waals surface area contributed by atoms with Crippen LogP contribution in [0, 0.1) is 0 Å². The lowest BCUT2D eigenvalue weighted by Crippen LogP contribution is -2.26. The molecule has 0 spiro atoms. The van der Waals surface area contributed by atoms with Crippen molar-refractivity contribution in [3.05, 3.63) is 41.3 Å². The molecule has 17 heavy (non-hydrogen) atoms. The highest BCUT2D eigenvalue weighted by molar-refractivity contribution is 6.30. The van der Waals surface area contributed by atoms with E-state index in [1.807, 2.05) is 0 Å². The van der Waals surface area contributed by atoms with Gasteiger partial charge in [0.25, 0.3) is 5.91 Å². The quantitative estimate of drug-likeness (QED) is 0.881. The summed E-state index contributed by atoms with van der Waals surface area (Å²) in [7, 11) is 0. The van der Waals surface area contributed by atoms with Crippen LogP contribution in [-0.2, 0) is 6.42 Å². The third-order valence-electron chi connectivity index (χ3n) is 1.99. The number of amides is 1. The number of nitrogens with one attached hydrogen (secondary N) is 1. The molecule has 0 aromatic carbocycles. The number of pyridine rings is 1. The lowest BCUT2D eigenvalue weighted by molar-refractivity contribution is 0.0948. The van der Waals surface area contributed by atoms with Crippen LogP contribution in [-0.4, -0.2) is 27.6 Å².